The van der Waals surface area contributed by atoms with Gasteiger partial charge in [0.15, 0.2) is 0 Å². The van der Waals surface area contributed by atoms with Crippen LogP contribution >= 0.6 is 0 Å². The van der Waals surface area contributed by atoms with E-state index in [2.05, 4.69) is 45.0 Å². The minimum atomic E-state index is -0.250. The number of benzene rings is 1. The van der Waals surface area contributed by atoms with Crippen molar-refractivity contribution in [1.82, 2.24) is 14.5 Å². The molecular weight excluding hydrogens is 382 g/mol. The van der Waals surface area contributed by atoms with Gasteiger partial charge in [-0.3, -0.25) is 9.78 Å². The topological polar surface area (TPSA) is 86.5 Å². The lowest BCUT2D eigenvalue weighted by Gasteiger charge is -2.21. The van der Waals surface area contributed by atoms with E-state index in [1.165, 1.54) is 5.56 Å². The normalized spacial score (nSPS) is 18.0. The lowest BCUT2D eigenvalue weighted by Crippen LogP contribution is -2.20. The third kappa shape index (κ3) is 5.45. The van der Waals surface area contributed by atoms with Crippen LogP contribution in [0.3, 0.4) is 0 Å². The highest BCUT2D eigenvalue weighted by Gasteiger charge is 2.31. The van der Waals surface area contributed by atoms with E-state index in [-0.39, 0.29) is 18.6 Å². The summed E-state index contributed by atoms with van der Waals surface area (Å²) in [6, 6.07) is 12.6. The van der Waals surface area contributed by atoms with Gasteiger partial charge in [-0.05, 0) is 50.1 Å². The molecule has 0 saturated carbocycles. The van der Waals surface area contributed by atoms with Crippen LogP contribution in [0.1, 0.15) is 25.5 Å². The summed E-state index contributed by atoms with van der Waals surface area (Å²) in [5, 5.41) is 6.89. The fraction of sp³-hybridized carbons (Fsp3) is 0.348. The minimum Gasteiger partial charge on any atom is -0.491 e. The molecule has 1 saturated heterocycles. The molecule has 2 aromatic heterocycles. The summed E-state index contributed by atoms with van der Waals surface area (Å²) in [7, 11) is 0. The van der Waals surface area contributed by atoms with Gasteiger partial charge in [0, 0.05) is 36.3 Å². The van der Waals surface area contributed by atoms with Gasteiger partial charge in [0.1, 0.15) is 11.6 Å². The Morgan fingerprint density at radius 2 is 2.00 bits per heavy atom. The first kappa shape index (κ1) is 21.5. The predicted molar refractivity (Wildman–Crippen MR) is 113 cm³/mol. The third-order valence-electron chi connectivity index (χ3n) is 4.90. The largest absolute Gasteiger partial charge is 0.491 e. The van der Waals surface area contributed by atoms with E-state index < -0.39 is 0 Å². The van der Waals surface area contributed by atoms with Gasteiger partial charge in [0.25, 0.3) is 6.47 Å². The fourth-order valence-corrected chi connectivity index (χ4v) is 3.70. The Morgan fingerprint density at radius 1 is 1.23 bits per heavy atom. The van der Waals surface area contributed by atoms with Crippen molar-refractivity contribution in [3.8, 4) is 17.1 Å². The van der Waals surface area contributed by atoms with Crippen molar-refractivity contribution < 1.29 is 19.4 Å². The highest BCUT2D eigenvalue weighted by atomic mass is 16.5. The first-order chi connectivity index (χ1) is 14.6. The zero-order chi connectivity index (χ0) is 21.3. The van der Waals surface area contributed by atoms with Crippen LogP contribution in [-0.4, -0.2) is 45.4 Å². The lowest BCUT2D eigenvalue weighted by atomic mass is 9.95. The van der Waals surface area contributed by atoms with Crippen molar-refractivity contribution in [2.24, 2.45) is 5.92 Å². The molecular formula is C23H27N3O4. The molecule has 0 spiro atoms. The number of carboxylic acid groups (broad SMARTS) is 1. The SMILES string of the molecule is CC(C)Oc1cccc(-c2nccn2[C@@H]2COC[C@H]2Cc2ccncc2)c1.O=CO. The van der Waals surface area contributed by atoms with Gasteiger partial charge in [-0.1, -0.05) is 12.1 Å². The number of pyridine rings is 1. The second-order valence-electron chi connectivity index (χ2n) is 7.38. The van der Waals surface area contributed by atoms with Crippen LogP contribution in [0, 0.1) is 5.92 Å². The molecule has 1 aromatic carbocycles. The Labute approximate surface area is 176 Å². The zero-order valence-corrected chi connectivity index (χ0v) is 17.2. The molecule has 158 valence electrons. The number of hydrogen-bond donors (Lipinski definition) is 1. The number of carbonyl (C=O) groups is 1. The Morgan fingerprint density at radius 3 is 2.73 bits per heavy atom. The van der Waals surface area contributed by atoms with E-state index in [4.69, 9.17) is 19.4 Å². The molecule has 0 bridgehead atoms. The smallest absolute Gasteiger partial charge is 0.290 e. The van der Waals surface area contributed by atoms with Gasteiger partial charge in [-0.15, -0.1) is 0 Å². The first-order valence-electron chi connectivity index (χ1n) is 9.96. The number of nitrogens with zero attached hydrogens (tertiary/aromatic N) is 3. The standard InChI is InChI=1S/C22H25N3O2.CH2O2/c1-16(2)27-20-5-3-4-18(13-20)22-24-10-11-25(22)21-15-26-14-19(21)12-17-6-8-23-9-7-17;2-1-3/h3-11,13,16,19,21H,12,14-15H2,1-2H3;1H,(H,2,3)/t19-,21-;/m1./s1. The predicted octanol–water partition coefficient (Wildman–Crippen LogP) is 3.86. The van der Waals surface area contributed by atoms with E-state index in [0.717, 1.165) is 30.2 Å². The number of aromatic nitrogens is 3. The Kier molecular flexibility index (Phi) is 7.57. The molecule has 1 fully saturated rings. The number of hydrogen-bond acceptors (Lipinski definition) is 5. The van der Waals surface area contributed by atoms with Crippen LogP contribution in [-0.2, 0) is 16.0 Å². The average Bonchev–Trinajstić information content (AvgIpc) is 3.38. The number of rotatable bonds is 6. The summed E-state index contributed by atoms with van der Waals surface area (Å²) in [4.78, 5) is 17.1. The van der Waals surface area contributed by atoms with Crippen molar-refractivity contribution in [3.63, 3.8) is 0 Å². The van der Waals surface area contributed by atoms with Crippen LogP contribution < -0.4 is 4.74 Å². The Bertz CT molecular complexity index is 927. The molecule has 3 heterocycles. The van der Waals surface area contributed by atoms with E-state index >= 15 is 0 Å². The lowest BCUT2D eigenvalue weighted by molar-refractivity contribution is -0.122. The van der Waals surface area contributed by atoms with Gasteiger partial charge < -0.3 is 19.1 Å². The van der Waals surface area contributed by atoms with Gasteiger partial charge in [-0.25, -0.2) is 4.98 Å². The fourth-order valence-electron chi connectivity index (χ4n) is 3.70. The average molecular weight is 409 g/mol. The van der Waals surface area contributed by atoms with E-state index in [1.54, 1.807) is 0 Å². The highest BCUT2D eigenvalue weighted by molar-refractivity contribution is 5.58. The highest BCUT2D eigenvalue weighted by Crippen LogP contribution is 2.33. The van der Waals surface area contributed by atoms with Crippen LogP contribution in [0.5, 0.6) is 5.75 Å². The molecule has 30 heavy (non-hydrogen) atoms. The molecule has 1 N–H and O–H groups in total. The molecule has 0 unspecified atom stereocenters. The van der Waals surface area contributed by atoms with Crippen molar-refractivity contribution in [1.29, 1.82) is 0 Å². The summed E-state index contributed by atoms with van der Waals surface area (Å²) in [5.74, 6) is 2.24. The van der Waals surface area contributed by atoms with Gasteiger partial charge in [-0.2, -0.15) is 0 Å². The molecule has 0 aliphatic carbocycles. The maximum absolute atomic E-state index is 8.36. The maximum atomic E-state index is 8.36. The van der Waals surface area contributed by atoms with E-state index in [9.17, 15) is 0 Å². The van der Waals surface area contributed by atoms with Crippen LogP contribution in [0.4, 0.5) is 0 Å². The summed E-state index contributed by atoms with van der Waals surface area (Å²) in [5.41, 5.74) is 2.35. The number of ether oxygens (including phenoxy) is 2. The Hall–Kier alpha value is -3.19. The van der Waals surface area contributed by atoms with Gasteiger partial charge >= 0.3 is 0 Å². The second kappa shape index (κ2) is 10.5. The van der Waals surface area contributed by atoms with Crippen molar-refractivity contribution in [3.05, 3.63) is 66.7 Å². The third-order valence-corrected chi connectivity index (χ3v) is 4.90. The van der Waals surface area contributed by atoms with Crippen molar-refractivity contribution in [2.75, 3.05) is 13.2 Å². The molecule has 3 aromatic rings. The summed E-state index contributed by atoms with van der Waals surface area (Å²) in [6.45, 7) is 5.29. The monoisotopic (exact) mass is 409 g/mol. The van der Waals surface area contributed by atoms with Crippen molar-refractivity contribution in [2.45, 2.75) is 32.4 Å². The molecule has 0 radical (unpaired) electrons. The van der Waals surface area contributed by atoms with Gasteiger partial charge in [0.05, 0.1) is 25.4 Å². The quantitative estimate of drug-likeness (QED) is 0.622. The molecule has 7 nitrogen and oxygen atoms in total. The maximum Gasteiger partial charge on any atom is 0.290 e. The second-order valence-corrected chi connectivity index (χ2v) is 7.38. The molecule has 7 heteroatoms. The van der Waals surface area contributed by atoms with Crippen molar-refractivity contribution >= 4 is 6.47 Å². The molecule has 0 amide bonds. The van der Waals surface area contributed by atoms with E-state index in [1.807, 2.05) is 44.6 Å². The van der Waals surface area contributed by atoms with Crippen LogP contribution in [0.2, 0.25) is 0 Å². The molecule has 1 aliphatic heterocycles. The minimum absolute atomic E-state index is 0.146. The molecule has 1 aliphatic rings. The first-order valence-corrected chi connectivity index (χ1v) is 9.96. The molecule has 4 rings (SSSR count). The summed E-state index contributed by atoms with van der Waals surface area (Å²) in [6.07, 6.45) is 8.75. The van der Waals surface area contributed by atoms with Gasteiger partial charge in [0.2, 0.25) is 0 Å². The van der Waals surface area contributed by atoms with Crippen LogP contribution in [0.25, 0.3) is 11.4 Å². The summed E-state index contributed by atoms with van der Waals surface area (Å²) >= 11 is 0. The zero-order valence-electron chi connectivity index (χ0n) is 17.2. The Balaban J connectivity index is 0.000000806. The van der Waals surface area contributed by atoms with E-state index in [0.29, 0.717) is 12.5 Å². The summed E-state index contributed by atoms with van der Waals surface area (Å²) < 4.78 is 14.0. The van der Waals surface area contributed by atoms with Crippen LogP contribution in [0.15, 0.2) is 61.2 Å². The number of imidazole rings is 1. The molecule has 2 atom stereocenters.